The predicted molar refractivity (Wildman–Crippen MR) is 81.0 cm³/mol. The molecule has 122 valence electrons. The maximum atomic E-state index is 13.1. The number of nitrogens with one attached hydrogen (secondary N) is 1. The molecule has 0 aliphatic heterocycles. The number of hydrogen-bond donors (Lipinski definition) is 2. The number of rotatable bonds is 5. The summed E-state index contributed by atoms with van der Waals surface area (Å²) in [6, 6.07) is 9.91. The number of ether oxygens (including phenoxy) is 1. The Morgan fingerprint density at radius 1 is 1.12 bits per heavy atom. The fraction of sp³-hybridized carbons (Fsp3) is 0.0625. The minimum absolute atomic E-state index is 0.0280. The average molecular weight is 330 g/mol. The van der Waals surface area contributed by atoms with Gasteiger partial charge in [-0.25, -0.2) is 8.78 Å². The van der Waals surface area contributed by atoms with Crippen LogP contribution in [-0.2, 0) is 6.61 Å². The molecule has 0 fully saturated rings. The summed E-state index contributed by atoms with van der Waals surface area (Å²) in [5.41, 5.74) is 6.92. The van der Waals surface area contributed by atoms with Gasteiger partial charge in [-0.1, -0.05) is 18.2 Å². The Bertz CT molecular complexity index is 875. The molecule has 0 saturated carbocycles. The lowest BCUT2D eigenvalue weighted by Gasteiger charge is -2.08. The second kappa shape index (κ2) is 6.45. The summed E-state index contributed by atoms with van der Waals surface area (Å²) in [5.74, 6) is -2.05. The topological polar surface area (TPSA) is 93.9 Å². The van der Waals surface area contributed by atoms with E-state index in [4.69, 9.17) is 10.5 Å². The summed E-state index contributed by atoms with van der Waals surface area (Å²) in [7, 11) is 0. The Balaban J connectivity index is 1.80. The van der Waals surface area contributed by atoms with E-state index >= 15 is 0 Å². The van der Waals surface area contributed by atoms with E-state index < -0.39 is 17.5 Å². The van der Waals surface area contributed by atoms with Gasteiger partial charge in [0.05, 0.1) is 0 Å². The molecule has 24 heavy (non-hydrogen) atoms. The van der Waals surface area contributed by atoms with Gasteiger partial charge in [0.25, 0.3) is 5.91 Å². The van der Waals surface area contributed by atoms with Crippen molar-refractivity contribution in [3.8, 4) is 17.0 Å². The zero-order valence-corrected chi connectivity index (χ0v) is 12.3. The lowest BCUT2D eigenvalue weighted by Crippen LogP contribution is -2.12. The highest BCUT2D eigenvalue weighted by Gasteiger charge is 2.15. The Hall–Kier alpha value is -3.29. The summed E-state index contributed by atoms with van der Waals surface area (Å²) < 4.78 is 31.7. The number of halogens is 2. The molecule has 1 amide bonds. The number of aromatic amines is 1. The van der Waals surface area contributed by atoms with Crippen molar-refractivity contribution in [3.63, 3.8) is 0 Å². The van der Waals surface area contributed by atoms with Crippen LogP contribution in [0.15, 0.2) is 42.5 Å². The Kier molecular flexibility index (Phi) is 4.19. The molecule has 1 heterocycles. The van der Waals surface area contributed by atoms with Crippen molar-refractivity contribution >= 4 is 5.91 Å². The molecule has 8 heteroatoms. The lowest BCUT2D eigenvalue weighted by atomic mass is 10.1. The molecule has 3 aromatic rings. The summed E-state index contributed by atoms with van der Waals surface area (Å²) in [5, 5.41) is 9.98. The molecule has 0 bridgehead atoms. The third-order valence-corrected chi connectivity index (χ3v) is 3.22. The van der Waals surface area contributed by atoms with Gasteiger partial charge in [0.2, 0.25) is 0 Å². The molecule has 3 N–H and O–H groups in total. The van der Waals surface area contributed by atoms with Crippen LogP contribution in [-0.4, -0.2) is 21.3 Å². The Labute approximate surface area is 135 Å². The second-order valence-corrected chi connectivity index (χ2v) is 4.98. The highest BCUT2D eigenvalue weighted by Crippen LogP contribution is 2.22. The molecule has 6 nitrogen and oxygen atoms in total. The number of amides is 1. The van der Waals surface area contributed by atoms with Crippen LogP contribution in [0, 0.1) is 11.6 Å². The van der Waals surface area contributed by atoms with Crippen molar-refractivity contribution in [2.75, 3.05) is 0 Å². The van der Waals surface area contributed by atoms with Gasteiger partial charge in [0, 0.05) is 23.8 Å². The molecule has 0 spiro atoms. The monoisotopic (exact) mass is 330 g/mol. The summed E-state index contributed by atoms with van der Waals surface area (Å²) in [6.45, 7) is 0.0838. The number of primary amides is 1. The van der Waals surface area contributed by atoms with Crippen LogP contribution in [0.2, 0.25) is 0 Å². The van der Waals surface area contributed by atoms with Gasteiger partial charge in [-0.05, 0) is 11.6 Å². The first-order valence-electron chi connectivity index (χ1n) is 6.91. The first kappa shape index (κ1) is 15.6. The third-order valence-electron chi connectivity index (χ3n) is 3.22. The van der Waals surface area contributed by atoms with Crippen LogP contribution in [0.3, 0.4) is 0 Å². The van der Waals surface area contributed by atoms with Gasteiger partial charge in [-0.3, -0.25) is 4.79 Å². The lowest BCUT2D eigenvalue weighted by molar-refractivity contribution is 0.0996. The van der Waals surface area contributed by atoms with Crippen molar-refractivity contribution in [1.29, 1.82) is 0 Å². The Morgan fingerprint density at radius 3 is 2.58 bits per heavy atom. The quantitative estimate of drug-likeness (QED) is 0.751. The first-order valence-corrected chi connectivity index (χ1v) is 6.91. The molecule has 0 unspecified atom stereocenters. The fourth-order valence-electron chi connectivity index (χ4n) is 2.19. The predicted octanol–water partition coefficient (Wildman–Crippen LogP) is 2.43. The van der Waals surface area contributed by atoms with E-state index in [0.29, 0.717) is 11.3 Å². The molecule has 0 aliphatic rings. The summed E-state index contributed by atoms with van der Waals surface area (Å²) in [6.07, 6.45) is 0. The zero-order valence-electron chi connectivity index (χ0n) is 12.3. The summed E-state index contributed by atoms with van der Waals surface area (Å²) in [4.78, 5) is 11.3. The molecule has 2 aromatic carbocycles. The van der Waals surface area contributed by atoms with Crippen LogP contribution >= 0.6 is 0 Å². The van der Waals surface area contributed by atoms with Gasteiger partial charge < -0.3 is 10.5 Å². The number of carbonyl (C=O) groups excluding carboxylic acids is 1. The molecule has 1 aromatic heterocycles. The van der Waals surface area contributed by atoms with Gasteiger partial charge in [-0.2, -0.15) is 15.4 Å². The molecule has 3 rings (SSSR count). The minimum atomic E-state index is -0.715. The number of hydrogen-bond acceptors (Lipinski definition) is 4. The third kappa shape index (κ3) is 3.37. The number of nitrogens with zero attached hydrogens (tertiary/aromatic N) is 2. The first-order chi connectivity index (χ1) is 11.5. The fourth-order valence-corrected chi connectivity index (χ4v) is 2.19. The number of aromatic nitrogens is 3. The van der Waals surface area contributed by atoms with E-state index in [0.717, 1.165) is 23.8 Å². The van der Waals surface area contributed by atoms with Crippen LogP contribution in [0.5, 0.6) is 5.75 Å². The maximum Gasteiger partial charge on any atom is 0.271 e. The second-order valence-electron chi connectivity index (χ2n) is 4.98. The van der Waals surface area contributed by atoms with E-state index in [1.54, 1.807) is 24.3 Å². The molecule has 0 saturated heterocycles. The number of carbonyl (C=O) groups is 1. The van der Waals surface area contributed by atoms with E-state index in [2.05, 4.69) is 15.4 Å². The zero-order chi connectivity index (χ0) is 17.1. The smallest absolute Gasteiger partial charge is 0.271 e. The van der Waals surface area contributed by atoms with Crippen molar-refractivity contribution in [3.05, 3.63) is 65.4 Å². The van der Waals surface area contributed by atoms with E-state index in [1.165, 1.54) is 0 Å². The summed E-state index contributed by atoms with van der Waals surface area (Å²) >= 11 is 0. The molecule has 0 atom stereocenters. The molecule has 0 aliphatic carbocycles. The highest BCUT2D eigenvalue weighted by atomic mass is 19.1. The van der Waals surface area contributed by atoms with Gasteiger partial charge in [0.15, 0.2) is 5.69 Å². The van der Waals surface area contributed by atoms with Crippen LogP contribution in [0.1, 0.15) is 16.1 Å². The number of benzene rings is 2. The van der Waals surface area contributed by atoms with Crippen molar-refractivity contribution < 1.29 is 18.3 Å². The van der Waals surface area contributed by atoms with Gasteiger partial charge >= 0.3 is 0 Å². The van der Waals surface area contributed by atoms with E-state index in [-0.39, 0.29) is 18.1 Å². The van der Waals surface area contributed by atoms with E-state index in [1.807, 2.05) is 0 Å². The normalized spacial score (nSPS) is 10.6. The number of nitrogens with two attached hydrogens (primary N) is 1. The SMILES string of the molecule is NC(=O)c1n[nH]nc1-c1cccc(COc2cc(F)cc(F)c2)c1. The van der Waals surface area contributed by atoms with Crippen LogP contribution in [0.4, 0.5) is 8.78 Å². The molecular weight excluding hydrogens is 318 g/mol. The molecular formula is C16H12F2N4O2. The van der Waals surface area contributed by atoms with Crippen LogP contribution < -0.4 is 10.5 Å². The van der Waals surface area contributed by atoms with Crippen molar-refractivity contribution in [2.24, 2.45) is 5.73 Å². The van der Waals surface area contributed by atoms with Crippen molar-refractivity contribution in [1.82, 2.24) is 15.4 Å². The van der Waals surface area contributed by atoms with Crippen LogP contribution in [0.25, 0.3) is 11.3 Å². The maximum absolute atomic E-state index is 13.1. The number of H-pyrrole nitrogens is 1. The van der Waals surface area contributed by atoms with Gasteiger partial charge in [-0.15, -0.1) is 0 Å². The van der Waals surface area contributed by atoms with E-state index in [9.17, 15) is 13.6 Å². The standard InChI is InChI=1S/C16H12F2N4O2/c17-11-5-12(18)7-13(6-11)24-8-9-2-1-3-10(4-9)14-15(16(19)23)21-22-20-14/h1-7H,8H2,(H2,19,23)(H,20,21,22). The van der Waals surface area contributed by atoms with Gasteiger partial charge in [0.1, 0.15) is 29.7 Å². The highest BCUT2D eigenvalue weighted by molar-refractivity contribution is 5.96. The Morgan fingerprint density at radius 2 is 1.88 bits per heavy atom. The molecule has 0 radical (unpaired) electrons. The minimum Gasteiger partial charge on any atom is -0.489 e. The largest absolute Gasteiger partial charge is 0.489 e. The average Bonchev–Trinajstić information content (AvgIpc) is 3.02. The van der Waals surface area contributed by atoms with Crippen molar-refractivity contribution in [2.45, 2.75) is 6.61 Å².